The topological polar surface area (TPSA) is 49.3 Å². The highest BCUT2D eigenvalue weighted by Gasteiger charge is 2.21. The van der Waals surface area contributed by atoms with Crippen LogP contribution >= 0.6 is 0 Å². The fourth-order valence-electron chi connectivity index (χ4n) is 3.79. The molecule has 0 fully saturated rings. The van der Waals surface area contributed by atoms with E-state index >= 15 is 0 Å². The maximum atomic E-state index is 14.0. The first-order chi connectivity index (χ1) is 13.7. The van der Waals surface area contributed by atoms with E-state index in [2.05, 4.69) is 28.1 Å². The van der Waals surface area contributed by atoms with Gasteiger partial charge >= 0.3 is 0 Å². The fourth-order valence-corrected chi connectivity index (χ4v) is 3.79. The van der Waals surface area contributed by atoms with Gasteiger partial charge in [-0.05, 0) is 47.9 Å². The first-order valence-electron chi connectivity index (χ1n) is 9.26. The first-order valence-corrected chi connectivity index (χ1v) is 9.26. The summed E-state index contributed by atoms with van der Waals surface area (Å²) in [5.41, 5.74) is 3.81. The number of rotatable bonds is 2. The second-order valence-electron chi connectivity index (χ2n) is 6.99. The van der Waals surface area contributed by atoms with Crippen LogP contribution in [0.1, 0.15) is 11.1 Å². The van der Waals surface area contributed by atoms with Crippen molar-refractivity contribution in [3.63, 3.8) is 0 Å². The number of hydrogen-bond acceptors (Lipinski definition) is 4. The van der Waals surface area contributed by atoms with E-state index in [-0.39, 0.29) is 11.6 Å². The molecule has 4 aromatic rings. The summed E-state index contributed by atoms with van der Waals surface area (Å²) in [5, 5.41) is 10.9. The van der Waals surface area contributed by atoms with Crippen LogP contribution in [0.2, 0.25) is 0 Å². The third-order valence-corrected chi connectivity index (χ3v) is 5.21. The van der Waals surface area contributed by atoms with Crippen LogP contribution in [0.4, 0.5) is 10.2 Å². The van der Waals surface area contributed by atoms with Crippen molar-refractivity contribution >= 4 is 16.7 Å². The largest absolute Gasteiger partial charge is 0.507 e. The second kappa shape index (κ2) is 6.60. The number of benzene rings is 3. The van der Waals surface area contributed by atoms with E-state index in [0.29, 0.717) is 34.7 Å². The molecule has 5 heteroatoms. The van der Waals surface area contributed by atoms with Crippen molar-refractivity contribution in [2.75, 3.05) is 11.4 Å². The van der Waals surface area contributed by atoms with Crippen LogP contribution in [0.3, 0.4) is 0 Å². The Morgan fingerprint density at radius 3 is 2.54 bits per heavy atom. The van der Waals surface area contributed by atoms with E-state index in [9.17, 15) is 9.50 Å². The number of anilines is 1. The molecule has 0 bridgehead atoms. The zero-order chi connectivity index (χ0) is 19.1. The van der Waals surface area contributed by atoms with Crippen LogP contribution in [-0.4, -0.2) is 21.6 Å². The summed E-state index contributed by atoms with van der Waals surface area (Å²) in [6.07, 6.45) is 0.906. The van der Waals surface area contributed by atoms with Gasteiger partial charge in [0.25, 0.3) is 0 Å². The number of phenols is 1. The molecule has 0 saturated carbocycles. The van der Waals surface area contributed by atoms with E-state index in [1.54, 1.807) is 24.3 Å². The summed E-state index contributed by atoms with van der Waals surface area (Å²) >= 11 is 0. The lowest BCUT2D eigenvalue weighted by atomic mass is 9.99. The average molecular weight is 371 g/mol. The smallest absolute Gasteiger partial charge is 0.165 e. The first kappa shape index (κ1) is 16.7. The second-order valence-corrected chi connectivity index (χ2v) is 6.99. The Bertz CT molecular complexity index is 1190. The van der Waals surface area contributed by atoms with Crippen LogP contribution in [0.25, 0.3) is 22.3 Å². The van der Waals surface area contributed by atoms with E-state index in [0.717, 1.165) is 13.0 Å². The van der Waals surface area contributed by atoms with Gasteiger partial charge in [-0.15, -0.1) is 0 Å². The number of phenolic OH excluding ortho intramolecular Hbond substituents is 1. The molecule has 1 N–H and O–H groups in total. The van der Waals surface area contributed by atoms with Crippen molar-refractivity contribution in [2.45, 2.75) is 13.0 Å². The summed E-state index contributed by atoms with van der Waals surface area (Å²) in [4.78, 5) is 11.5. The molecule has 5 rings (SSSR count). The van der Waals surface area contributed by atoms with Crippen molar-refractivity contribution < 1.29 is 9.50 Å². The van der Waals surface area contributed by atoms with Gasteiger partial charge in [0, 0.05) is 18.5 Å². The van der Waals surface area contributed by atoms with Crippen molar-refractivity contribution in [1.29, 1.82) is 0 Å². The molecule has 0 amide bonds. The molecule has 138 valence electrons. The number of hydrogen-bond donors (Lipinski definition) is 1. The Morgan fingerprint density at radius 1 is 0.893 bits per heavy atom. The Kier molecular flexibility index (Phi) is 3.93. The van der Waals surface area contributed by atoms with E-state index < -0.39 is 0 Å². The normalized spacial score (nSPS) is 13.5. The molecule has 0 spiro atoms. The zero-order valence-corrected chi connectivity index (χ0v) is 15.1. The van der Waals surface area contributed by atoms with Gasteiger partial charge in [0.15, 0.2) is 5.82 Å². The maximum Gasteiger partial charge on any atom is 0.165 e. The van der Waals surface area contributed by atoms with Gasteiger partial charge < -0.3 is 10.0 Å². The monoisotopic (exact) mass is 371 g/mol. The molecule has 0 atom stereocenters. The molecule has 0 aliphatic carbocycles. The van der Waals surface area contributed by atoms with Crippen LogP contribution < -0.4 is 4.90 Å². The Hall–Kier alpha value is -3.47. The lowest BCUT2D eigenvalue weighted by molar-refractivity contribution is 0.477. The molecule has 1 aliphatic heterocycles. The van der Waals surface area contributed by atoms with Crippen molar-refractivity contribution in [3.8, 4) is 17.1 Å². The minimum atomic E-state index is -0.315. The third-order valence-electron chi connectivity index (χ3n) is 5.21. The van der Waals surface area contributed by atoms with Crippen molar-refractivity contribution in [2.24, 2.45) is 0 Å². The number of halogens is 1. The summed E-state index contributed by atoms with van der Waals surface area (Å²) in [6.45, 7) is 1.50. The van der Waals surface area contributed by atoms with E-state index in [1.807, 2.05) is 12.1 Å². The van der Waals surface area contributed by atoms with E-state index in [1.165, 1.54) is 23.3 Å². The van der Waals surface area contributed by atoms with Crippen LogP contribution in [0.5, 0.6) is 5.75 Å². The summed E-state index contributed by atoms with van der Waals surface area (Å²) < 4.78 is 14.0. The summed E-state index contributed by atoms with van der Waals surface area (Å²) in [6, 6.07) is 19.9. The molecule has 1 aromatic heterocycles. The van der Waals surface area contributed by atoms with Crippen molar-refractivity contribution in [1.82, 2.24) is 9.97 Å². The minimum absolute atomic E-state index is 0.124. The van der Waals surface area contributed by atoms with Gasteiger partial charge in [-0.1, -0.05) is 36.4 Å². The van der Waals surface area contributed by atoms with Crippen LogP contribution in [0.15, 0.2) is 66.7 Å². The molecule has 28 heavy (non-hydrogen) atoms. The number of para-hydroxylation sites is 1. The molecular formula is C23H18FN3O. The predicted octanol–water partition coefficient (Wildman–Crippen LogP) is 4.70. The quantitative estimate of drug-likeness (QED) is 0.555. The van der Waals surface area contributed by atoms with Gasteiger partial charge in [0.2, 0.25) is 0 Å². The lowest BCUT2D eigenvalue weighted by Crippen LogP contribution is -2.31. The molecule has 1 aliphatic rings. The molecule has 2 heterocycles. The highest BCUT2D eigenvalue weighted by molar-refractivity contribution is 5.91. The van der Waals surface area contributed by atoms with Gasteiger partial charge in [0.1, 0.15) is 17.4 Å². The SMILES string of the molecule is Oc1ccccc1-c1nc(N2CCc3ccccc3C2)c2cc(F)ccc2n1. The number of fused-ring (bicyclic) bond motifs is 2. The Morgan fingerprint density at radius 2 is 1.68 bits per heavy atom. The van der Waals surface area contributed by atoms with Crippen molar-refractivity contribution in [3.05, 3.63) is 83.7 Å². The summed E-state index contributed by atoms with van der Waals surface area (Å²) in [7, 11) is 0. The minimum Gasteiger partial charge on any atom is -0.507 e. The van der Waals surface area contributed by atoms with Gasteiger partial charge in [-0.25, -0.2) is 14.4 Å². The number of nitrogens with zero attached hydrogens (tertiary/aromatic N) is 3. The standard InChI is InChI=1S/C23H18FN3O/c24-17-9-10-20-19(13-17)23(26-22(25-20)18-7-3-4-8-21(18)28)27-12-11-15-5-1-2-6-16(15)14-27/h1-10,13,28H,11-12,14H2. The van der Waals surface area contributed by atoms with E-state index in [4.69, 9.17) is 4.98 Å². The molecule has 3 aromatic carbocycles. The molecule has 0 saturated heterocycles. The molecule has 0 unspecified atom stereocenters. The third kappa shape index (κ3) is 2.85. The molecular weight excluding hydrogens is 353 g/mol. The molecule has 4 nitrogen and oxygen atoms in total. The highest BCUT2D eigenvalue weighted by Crippen LogP contribution is 2.33. The van der Waals surface area contributed by atoms with Gasteiger partial charge in [-0.3, -0.25) is 0 Å². The maximum absolute atomic E-state index is 14.0. The summed E-state index contributed by atoms with van der Waals surface area (Å²) in [5.74, 6) is 0.937. The van der Waals surface area contributed by atoms with Gasteiger partial charge in [0.05, 0.1) is 11.1 Å². The predicted molar refractivity (Wildman–Crippen MR) is 108 cm³/mol. The van der Waals surface area contributed by atoms with Crippen LogP contribution in [0, 0.1) is 5.82 Å². The Balaban J connectivity index is 1.69. The number of aromatic nitrogens is 2. The fraction of sp³-hybridized carbons (Fsp3) is 0.130. The van der Waals surface area contributed by atoms with Crippen LogP contribution in [-0.2, 0) is 13.0 Å². The average Bonchev–Trinajstić information content (AvgIpc) is 2.73. The zero-order valence-electron chi connectivity index (χ0n) is 15.1. The Labute approximate surface area is 161 Å². The lowest BCUT2D eigenvalue weighted by Gasteiger charge is -2.30. The van der Waals surface area contributed by atoms with Gasteiger partial charge in [-0.2, -0.15) is 0 Å². The molecule has 0 radical (unpaired) electrons. The number of aromatic hydroxyl groups is 1. The highest BCUT2D eigenvalue weighted by atomic mass is 19.1.